The van der Waals surface area contributed by atoms with E-state index in [-0.39, 0.29) is 16.6 Å². The molecule has 1 heterocycles. The highest BCUT2D eigenvalue weighted by atomic mass is 32.2. The molecule has 2 aromatic rings. The highest BCUT2D eigenvalue weighted by Gasteiger charge is 2.42. The van der Waals surface area contributed by atoms with Crippen LogP contribution >= 0.6 is 0 Å². The van der Waals surface area contributed by atoms with Gasteiger partial charge in [-0.1, -0.05) is 25.0 Å². The van der Waals surface area contributed by atoms with Gasteiger partial charge in [-0.15, -0.1) is 4.40 Å². The van der Waals surface area contributed by atoms with Crippen LogP contribution in [0.4, 0.5) is 10.1 Å². The molecule has 8 heteroatoms. The van der Waals surface area contributed by atoms with E-state index in [0.717, 1.165) is 25.8 Å². The van der Waals surface area contributed by atoms with Crippen molar-refractivity contribution in [2.45, 2.75) is 48.8 Å². The van der Waals surface area contributed by atoms with Crippen molar-refractivity contribution in [3.8, 4) is 0 Å². The third-order valence-electron chi connectivity index (χ3n) is 6.24. The van der Waals surface area contributed by atoms with Crippen molar-refractivity contribution in [2.75, 3.05) is 18.9 Å². The summed E-state index contributed by atoms with van der Waals surface area (Å²) >= 11 is 0. The van der Waals surface area contributed by atoms with Crippen molar-refractivity contribution in [1.82, 2.24) is 4.90 Å². The average Bonchev–Trinajstić information content (AvgIpc) is 3.39. The molecule has 2 aromatic carbocycles. The summed E-state index contributed by atoms with van der Waals surface area (Å²) in [5.41, 5.74) is 0.404. The topological polar surface area (TPSA) is 78.8 Å². The zero-order valence-corrected chi connectivity index (χ0v) is 18.3. The molecule has 0 bridgehead atoms. The molecule has 0 unspecified atom stereocenters. The quantitative estimate of drug-likeness (QED) is 0.755. The summed E-state index contributed by atoms with van der Waals surface area (Å²) in [5.74, 6) is 0.00957. The van der Waals surface area contributed by atoms with E-state index in [1.165, 1.54) is 24.3 Å². The number of nitrogens with one attached hydrogen (secondary N) is 1. The first-order valence-corrected chi connectivity index (χ1v) is 12.0. The van der Waals surface area contributed by atoms with E-state index in [1.54, 1.807) is 24.3 Å². The van der Waals surface area contributed by atoms with Crippen molar-refractivity contribution >= 4 is 27.5 Å². The van der Waals surface area contributed by atoms with Gasteiger partial charge in [-0.05, 0) is 61.2 Å². The molecular weight excluding hydrogens is 417 g/mol. The Kier molecular flexibility index (Phi) is 5.83. The van der Waals surface area contributed by atoms with Crippen LogP contribution in [-0.2, 0) is 20.2 Å². The van der Waals surface area contributed by atoms with Crippen molar-refractivity contribution < 1.29 is 17.6 Å². The molecule has 2 fully saturated rings. The number of hydrogen-bond donors (Lipinski definition) is 1. The lowest BCUT2D eigenvalue weighted by Crippen LogP contribution is -2.38. The number of likely N-dealkylation sites (tertiary alicyclic amines) is 1. The van der Waals surface area contributed by atoms with Crippen LogP contribution in [0, 0.1) is 5.82 Å². The first-order valence-electron chi connectivity index (χ1n) is 10.5. The van der Waals surface area contributed by atoms with Crippen LogP contribution in [0.25, 0.3) is 0 Å². The Balaban J connectivity index is 1.54. The summed E-state index contributed by atoms with van der Waals surface area (Å²) < 4.78 is 43.0. The monoisotopic (exact) mass is 443 g/mol. The predicted molar refractivity (Wildman–Crippen MR) is 118 cm³/mol. The van der Waals surface area contributed by atoms with E-state index >= 15 is 0 Å². The molecule has 1 saturated heterocycles. The predicted octanol–water partition coefficient (Wildman–Crippen LogP) is 4.09. The summed E-state index contributed by atoms with van der Waals surface area (Å²) in [4.78, 5) is 15.1. The third-order valence-corrected chi connectivity index (χ3v) is 7.56. The number of carbonyl (C=O) groups excluding carboxylic acids is 1. The molecular formula is C23H26FN3O3S. The normalized spacial score (nSPS) is 19.7. The molecule has 1 N–H and O–H groups in total. The lowest BCUT2D eigenvalue weighted by molar-refractivity contribution is -0.121. The van der Waals surface area contributed by atoms with Gasteiger partial charge in [0, 0.05) is 25.7 Å². The Morgan fingerprint density at radius 3 is 2.42 bits per heavy atom. The van der Waals surface area contributed by atoms with Gasteiger partial charge in [-0.3, -0.25) is 4.79 Å². The molecule has 0 atom stereocenters. The van der Waals surface area contributed by atoms with Crippen LogP contribution in [0.15, 0.2) is 57.8 Å². The fraction of sp³-hybridized carbons (Fsp3) is 0.391. The summed E-state index contributed by atoms with van der Waals surface area (Å²) in [6, 6.07) is 12.3. The molecule has 164 valence electrons. The average molecular weight is 444 g/mol. The van der Waals surface area contributed by atoms with Gasteiger partial charge < -0.3 is 10.2 Å². The number of hydrogen-bond acceptors (Lipinski definition) is 3. The first kappa shape index (κ1) is 21.5. The van der Waals surface area contributed by atoms with Gasteiger partial charge >= 0.3 is 0 Å². The zero-order chi connectivity index (χ0) is 22.1. The highest BCUT2D eigenvalue weighted by Crippen LogP contribution is 2.42. The molecule has 4 rings (SSSR count). The number of rotatable bonds is 5. The molecule has 6 nitrogen and oxygen atoms in total. The van der Waals surface area contributed by atoms with Gasteiger partial charge in [0.2, 0.25) is 5.91 Å². The number of benzene rings is 2. The van der Waals surface area contributed by atoms with E-state index in [1.807, 2.05) is 11.9 Å². The maximum absolute atomic E-state index is 13.8. The summed E-state index contributed by atoms with van der Waals surface area (Å²) in [7, 11) is -1.97. The molecule has 0 spiro atoms. The maximum Gasteiger partial charge on any atom is 0.283 e. The maximum atomic E-state index is 13.8. The molecule has 1 aliphatic heterocycles. The van der Waals surface area contributed by atoms with Crippen molar-refractivity contribution in [3.05, 3.63) is 59.9 Å². The van der Waals surface area contributed by atoms with Crippen LogP contribution in [0.2, 0.25) is 0 Å². The smallest absolute Gasteiger partial charge is 0.283 e. The molecule has 1 aliphatic carbocycles. The summed E-state index contributed by atoms with van der Waals surface area (Å²) in [5, 5.41) is 2.90. The number of amides is 1. The van der Waals surface area contributed by atoms with Crippen LogP contribution in [0.3, 0.4) is 0 Å². The Hall–Kier alpha value is -2.74. The Morgan fingerprint density at radius 1 is 1.10 bits per heavy atom. The second-order valence-electron chi connectivity index (χ2n) is 8.29. The fourth-order valence-corrected chi connectivity index (χ4v) is 5.57. The third kappa shape index (κ3) is 4.35. The number of anilines is 1. The zero-order valence-electron chi connectivity index (χ0n) is 17.5. The molecule has 2 aliphatic rings. The number of carbonyl (C=O) groups is 1. The van der Waals surface area contributed by atoms with Gasteiger partial charge in [0.15, 0.2) is 0 Å². The number of nitrogens with zero attached hydrogens (tertiary/aromatic N) is 2. The summed E-state index contributed by atoms with van der Waals surface area (Å²) in [6.45, 7) is 0.798. The van der Waals surface area contributed by atoms with Crippen molar-refractivity contribution in [2.24, 2.45) is 4.40 Å². The van der Waals surface area contributed by atoms with Crippen molar-refractivity contribution in [3.63, 3.8) is 0 Å². The number of sulfonamides is 1. The number of halogens is 1. The Bertz CT molecular complexity index is 1110. The van der Waals surface area contributed by atoms with E-state index in [9.17, 15) is 17.6 Å². The van der Waals surface area contributed by atoms with Gasteiger partial charge in [0.25, 0.3) is 10.0 Å². The van der Waals surface area contributed by atoms with E-state index in [0.29, 0.717) is 36.3 Å². The highest BCUT2D eigenvalue weighted by molar-refractivity contribution is 7.90. The summed E-state index contributed by atoms with van der Waals surface area (Å²) in [6.07, 6.45) is 4.64. The lowest BCUT2D eigenvalue weighted by Gasteiger charge is -2.28. The minimum Gasteiger partial charge on any atom is -0.362 e. The van der Waals surface area contributed by atoms with Crippen molar-refractivity contribution in [1.29, 1.82) is 0 Å². The fourth-order valence-electron chi connectivity index (χ4n) is 4.47. The standard InChI is InChI=1S/C23H26FN3O3S/c1-27-15-5-8-21(27)26-31(29,30)20-11-9-19(10-12-20)25-22(28)23(13-2-3-14-23)17-6-4-7-18(24)16-17/h4,6-7,9-12,16H,2-3,5,8,13-15H2,1H3,(H,25,28). The SMILES string of the molecule is CN1CCCC1=NS(=O)(=O)c1ccc(NC(=O)C2(c3cccc(F)c3)CCCC2)cc1. The Labute approximate surface area is 182 Å². The molecule has 1 saturated carbocycles. The van der Waals surface area contributed by atoms with E-state index in [2.05, 4.69) is 9.71 Å². The lowest BCUT2D eigenvalue weighted by atomic mass is 9.78. The van der Waals surface area contributed by atoms with Crippen LogP contribution in [0.5, 0.6) is 0 Å². The van der Waals surface area contributed by atoms with E-state index in [4.69, 9.17) is 0 Å². The van der Waals surface area contributed by atoms with Crippen LogP contribution < -0.4 is 5.32 Å². The number of amidine groups is 1. The molecule has 0 aromatic heterocycles. The minimum atomic E-state index is -3.81. The first-order chi connectivity index (χ1) is 14.8. The second kappa shape index (κ2) is 8.42. The van der Waals surface area contributed by atoms with Crippen LogP contribution in [-0.4, -0.2) is 38.7 Å². The minimum absolute atomic E-state index is 0.0824. The van der Waals surface area contributed by atoms with Gasteiger partial charge in [0.05, 0.1) is 10.3 Å². The molecule has 31 heavy (non-hydrogen) atoms. The second-order valence-corrected chi connectivity index (χ2v) is 9.89. The Morgan fingerprint density at radius 2 is 1.81 bits per heavy atom. The van der Waals surface area contributed by atoms with Gasteiger partial charge in [-0.25, -0.2) is 4.39 Å². The molecule has 0 radical (unpaired) electrons. The van der Waals surface area contributed by atoms with Gasteiger partial charge in [0.1, 0.15) is 11.7 Å². The van der Waals surface area contributed by atoms with Gasteiger partial charge in [-0.2, -0.15) is 8.42 Å². The largest absolute Gasteiger partial charge is 0.362 e. The van der Waals surface area contributed by atoms with Crippen LogP contribution in [0.1, 0.15) is 44.1 Å². The molecule has 1 amide bonds. The van der Waals surface area contributed by atoms with E-state index < -0.39 is 15.4 Å².